The molecule has 0 aliphatic carbocycles. The molecule has 1 heteroatoms. The fraction of sp³-hybridized carbons (Fsp3) is 0.0667. The third-order valence-corrected chi connectivity index (χ3v) is 2.62. The lowest BCUT2D eigenvalue weighted by atomic mass is 9.99. The Morgan fingerprint density at radius 3 is 1.81 bits per heavy atom. The van der Waals surface area contributed by atoms with Crippen molar-refractivity contribution in [1.29, 1.82) is 0 Å². The van der Waals surface area contributed by atoms with E-state index in [9.17, 15) is 5.11 Å². The molecule has 0 aliphatic rings. The van der Waals surface area contributed by atoms with Crippen molar-refractivity contribution in [1.82, 2.24) is 0 Å². The van der Waals surface area contributed by atoms with E-state index in [0.717, 1.165) is 16.7 Å². The summed E-state index contributed by atoms with van der Waals surface area (Å²) in [4.78, 5) is 0. The van der Waals surface area contributed by atoms with Gasteiger partial charge in [0.1, 0.15) is 5.75 Å². The van der Waals surface area contributed by atoms with Gasteiger partial charge in [0.25, 0.3) is 0 Å². The molecule has 0 heterocycles. The van der Waals surface area contributed by atoms with Crippen molar-refractivity contribution < 1.29 is 5.11 Å². The monoisotopic (exact) mass is 210 g/mol. The van der Waals surface area contributed by atoms with Crippen molar-refractivity contribution >= 4 is 5.57 Å². The SMILES string of the molecule is C=C(c1ccc(C)cc1)c1ccc(O)cc1. The molecule has 0 bridgehead atoms. The van der Waals surface area contributed by atoms with Crippen molar-refractivity contribution in [3.05, 3.63) is 71.8 Å². The summed E-state index contributed by atoms with van der Waals surface area (Å²) >= 11 is 0. The van der Waals surface area contributed by atoms with Crippen LogP contribution in [-0.2, 0) is 0 Å². The molecule has 0 amide bonds. The minimum Gasteiger partial charge on any atom is -0.508 e. The Morgan fingerprint density at radius 2 is 1.31 bits per heavy atom. The van der Waals surface area contributed by atoms with Gasteiger partial charge in [-0.15, -0.1) is 0 Å². The number of rotatable bonds is 2. The maximum atomic E-state index is 9.22. The van der Waals surface area contributed by atoms with Crippen molar-refractivity contribution in [2.24, 2.45) is 0 Å². The lowest BCUT2D eigenvalue weighted by molar-refractivity contribution is 0.475. The Morgan fingerprint density at radius 1 is 0.875 bits per heavy atom. The van der Waals surface area contributed by atoms with E-state index in [1.54, 1.807) is 12.1 Å². The standard InChI is InChI=1S/C15H14O/c1-11-3-5-13(6-4-11)12(2)14-7-9-15(16)10-8-14/h3-10,16H,2H2,1H3. The topological polar surface area (TPSA) is 20.2 Å². The van der Waals surface area contributed by atoms with Gasteiger partial charge in [-0.3, -0.25) is 0 Å². The molecule has 0 atom stereocenters. The second-order valence-electron chi connectivity index (χ2n) is 3.89. The zero-order valence-corrected chi connectivity index (χ0v) is 9.27. The summed E-state index contributed by atoms with van der Waals surface area (Å²) in [5.74, 6) is 0.278. The Bertz CT molecular complexity index is 444. The van der Waals surface area contributed by atoms with E-state index in [0.29, 0.717) is 0 Å². The fourth-order valence-electron chi connectivity index (χ4n) is 1.58. The summed E-state index contributed by atoms with van der Waals surface area (Å²) in [5.41, 5.74) is 4.35. The van der Waals surface area contributed by atoms with Gasteiger partial charge in [0.2, 0.25) is 0 Å². The molecule has 0 radical (unpaired) electrons. The molecule has 0 saturated carbocycles. The molecule has 0 unspecified atom stereocenters. The molecule has 2 rings (SSSR count). The van der Waals surface area contributed by atoms with E-state index in [2.05, 4.69) is 37.8 Å². The highest BCUT2D eigenvalue weighted by molar-refractivity contribution is 5.78. The third-order valence-electron chi connectivity index (χ3n) is 2.62. The molecule has 0 aliphatic heterocycles. The smallest absolute Gasteiger partial charge is 0.115 e. The number of phenols is 1. The minimum atomic E-state index is 0.278. The Kier molecular flexibility index (Phi) is 2.78. The summed E-state index contributed by atoms with van der Waals surface area (Å²) < 4.78 is 0. The molecule has 0 aromatic heterocycles. The van der Waals surface area contributed by atoms with Crippen LogP contribution in [0.3, 0.4) is 0 Å². The lowest BCUT2D eigenvalue weighted by Gasteiger charge is -2.06. The highest BCUT2D eigenvalue weighted by Crippen LogP contribution is 2.23. The highest BCUT2D eigenvalue weighted by Gasteiger charge is 2.01. The van der Waals surface area contributed by atoms with Gasteiger partial charge in [0.05, 0.1) is 0 Å². The predicted molar refractivity (Wildman–Crippen MR) is 67.4 cm³/mol. The van der Waals surface area contributed by atoms with Gasteiger partial charge in [-0.05, 0) is 35.8 Å². The van der Waals surface area contributed by atoms with Gasteiger partial charge in [-0.1, -0.05) is 48.5 Å². The number of aromatic hydroxyl groups is 1. The van der Waals surface area contributed by atoms with Crippen molar-refractivity contribution in [3.63, 3.8) is 0 Å². The van der Waals surface area contributed by atoms with Crippen LogP contribution in [0.15, 0.2) is 55.1 Å². The van der Waals surface area contributed by atoms with Gasteiger partial charge >= 0.3 is 0 Å². The summed E-state index contributed by atoms with van der Waals surface area (Å²) in [7, 11) is 0. The maximum Gasteiger partial charge on any atom is 0.115 e. The molecular formula is C15H14O. The lowest BCUT2D eigenvalue weighted by Crippen LogP contribution is -1.85. The fourth-order valence-corrected chi connectivity index (χ4v) is 1.58. The zero-order chi connectivity index (χ0) is 11.5. The van der Waals surface area contributed by atoms with Crippen LogP contribution in [0.5, 0.6) is 5.75 Å². The summed E-state index contributed by atoms with van der Waals surface area (Å²) in [6, 6.07) is 15.4. The van der Waals surface area contributed by atoms with Crippen LogP contribution >= 0.6 is 0 Å². The van der Waals surface area contributed by atoms with E-state index in [-0.39, 0.29) is 5.75 Å². The minimum absolute atomic E-state index is 0.278. The zero-order valence-electron chi connectivity index (χ0n) is 9.27. The third kappa shape index (κ3) is 2.14. The van der Waals surface area contributed by atoms with Gasteiger partial charge in [0, 0.05) is 0 Å². The van der Waals surface area contributed by atoms with Gasteiger partial charge in [-0.2, -0.15) is 0 Å². The molecule has 0 saturated heterocycles. The Balaban J connectivity index is 2.32. The molecule has 80 valence electrons. The Hall–Kier alpha value is -2.02. The van der Waals surface area contributed by atoms with Crippen LogP contribution < -0.4 is 0 Å². The maximum absolute atomic E-state index is 9.22. The van der Waals surface area contributed by atoms with Crippen LogP contribution in [0.4, 0.5) is 0 Å². The van der Waals surface area contributed by atoms with Crippen LogP contribution in [0.1, 0.15) is 16.7 Å². The molecule has 2 aromatic carbocycles. The second-order valence-corrected chi connectivity index (χ2v) is 3.89. The van der Waals surface area contributed by atoms with Crippen LogP contribution in [0.25, 0.3) is 5.57 Å². The van der Waals surface area contributed by atoms with E-state index < -0.39 is 0 Å². The predicted octanol–water partition coefficient (Wildman–Crippen LogP) is 3.76. The molecule has 1 nitrogen and oxygen atoms in total. The first-order valence-electron chi connectivity index (χ1n) is 5.22. The van der Waals surface area contributed by atoms with Crippen LogP contribution in [-0.4, -0.2) is 5.11 Å². The van der Waals surface area contributed by atoms with Crippen molar-refractivity contribution in [2.75, 3.05) is 0 Å². The van der Waals surface area contributed by atoms with E-state index >= 15 is 0 Å². The molecule has 16 heavy (non-hydrogen) atoms. The van der Waals surface area contributed by atoms with Crippen molar-refractivity contribution in [2.45, 2.75) is 6.92 Å². The first kappa shape index (κ1) is 10.5. The number of hydrogen-bond acceptors (Lipinski definition) is 1. The first-order chi connectivity index (χ1) is 7.66. The first-order valence-corrected chi connectivity index (χ1v) is 5.22. The molecular weight excluding hydrogens is 196 g/mol. The summed E-state index contributed by atoms with van der Waals surface area (Å²) in [6.45, 7) is 6.14. The second kappa shape index (κ2) is 4.23. The Labute approximate surface area is 95.7 Å². The van der Waals surface area contributed by atoms with E-state index in [4.69, 9.17) is 0 Å². The molecule has 1 N–H and O–H groups in total. The van der Waals surface area contributed by atoms with Crippen molar-refractivity contribution in [3.8, 4) is 5.75 Å². The van der Waals surface area contributed by atoms with Gasteiger partial charge in [0.15, 0.2) is 0 Å². The number of phenolic OH excluding ortho intramolecular Hbond substituents is 1. The van der Waals surface area contributed by atoms with E-state index in [1.165, 1.54) is 5.56 Å². The number of aryl methyl sites for hydroxylation is 1. The molecule has 0 fully saturated rings. The number of hydrogen-bond donors (Lipinski definition) is 1. The molecule has 0 spiro atoms. The highest BCUT2D eigenvalue weighted by atomic mass is 16.3. The average Bonchev–Trinajstić information content (AvgIpc) is 2.30. The van der Waals surface area contributed by atoms with Crippen LogP contribution in [0.2, 0.25) is 0 Å². The van der Waals surface area contributed by atoms with Gasteiger partial charge in [-0.25, -0.2) is 0 Å². The quantitative estimate of drug-likeness (QED) is 0.800. The van der Waals surface area contributed by atoms with E-state index in [1.807, 2.05) is 12.1 Å². The van der Waals surface area contributed by atoms with Crippen LogP contribution in [0, 0.1) is 6.92 Å². The van der Waals surface area contributed by atoms with Gasteiger partial charge < -0.3 is 5.11 Å². The largest absolute Gasteiger partial charge is 0.508 e. The number of benzene rings is 2. The average molecular weight is 210 g/mol. The summed E-state index contributed by atoms with van der Waals surface area (Å²) in [5, 5.41) is 9.22. The molecule has 2 aromatic rings. The normalized spacial score (nSPS) is 10.1. The summed E-state index contributed by atoms with van der Waals surface area (Å²) in [6.07, 6.45) is 0.